The van der Waals surface area contributed by atoms with Crippen LogP contribution < -0.4 is 4.74 Å². The molecular formula is C12H17ClN2O3S. The summed E-state index contributed by atoms with van der Waals surface area (Å²) in [7, 11) is 2.11. The normalized spacial score (nSPS) is 17.6. The fourth-order valence-electron chi connectivity index (χ4n) is 1.96. The molecule has 0 aliphatic carbocycles. The van der Waals surface area contributed by atoms with Crippen LogP contribution in [0.15, 0.2) is 6.07 Å². The molecule has 1 fully saturated rings. The van der Waals surface area contributed by atoms with E-state index in [0.29, 0.717) is 16.7 Å². The van der Waals surface area contributed by atoms with Crippen LogP contribution in [0.4, 0.5) is 0 Å². The Morgan fingerprint density at radius 2 is 2.16 bits per heavy atom. The van der Waals surface area contributed by atoms with Gasteiger partial charge in [0.15, 0.2) is 4.88 Å². The van der Waals surface area contributed by atoms with E-state index in [-0.39, 0.29) is 4.88 Å². The lowest BCUT2D eigenvalue weighted by molar-refractivity contribution is 0.0696. The topological polar surface area (TPSA) is 53.0 Å². The molecule has 0 bridgehead atoms. The van der Waals surface area contributed by atoms with Crippen LogP contribution in [0, 0.1) is 0 Å². The van der Waals surface area contributed by atoms with Crippen molar-refractivity contribution in [3.63, 3.8) is 0 Å². The van der Waals surface area contributed by atoms with Gasteiger partial charge in [-0.3, -0.25) is 4.90 Å². The minimum absolute atomic E-state index is 0.170. The number of aromatic carboxylic acids is 1. The van der Waals surface area contributed by atoms with Crippen LogP contribution in [0.3, 0.4) is 0 Å². The van der Waals surface area contributed by atoms with Gasteiger partial charge < -0.3 is 14.7 Å². The molecule has 1 saturated heterocycles. The van der Waals surface area contributed by atoms with Crippen LogP contribution >= 0.6 is 22.9 Å². The molecule has 1 aliphatic heterocycles. The molecule has 106 valence electrons. The van der Waals surface area contributed by atoms with Crippen molar-refractivity contribution < 1.29 is 14.6 Å². The maximum atomic E-state index is 11.0. The average molecular weight is 305 g/mol. The van der Waals surface area contributed by atoms with Gasteiger partial charge in [-0.25, -0.2) is 4.79 Å². The van der Waals surface area contributed by atoms with E-state index in [0.717, 1.165) is 44.1 Å². The van der Waals surface area contributed by atoms with Gasteiger partial charge in [-0.05, 0) is 7.05 Å². The SMILES string of the molecule is CN1CCN(CCOc2cc(Cl)sc2C(=O)O)CC1. The zero-order chi connectivity index (χ0) is 13.8. The van der Waals surface area contributed by atoms with Crippen LogP contribution in [-0.2, 0) is 0 Å². The fourth-order valence-corrected chi connectivity index (χ4v) is 2.96. The molecule has 1 aliphatic rings. The standard InChI is InChI=1S/C12H17ClN2O3S/c1-14-2-4-15(5-3-14)6-7-18-9-8-10(13)19-11(9)12(16)17/h8H,2-7H2,1H3,(H,16,17). The van der Waals surface area contributed by atoms with E-state index in [4.69, 9.17) is 21.4 Å². The van der Waals surface area contributed by atoms with Gasteiger partial charge in [0, 0.05) is 38.8 Å². The summed E-state index contributed by atoms with van der Waals surface area (Å²) in [5.74, 6) is -0.622. The van der Waals surface area contributed by atoms with Crippen LogP contribution in [0.25, 0.3) is 0 Å². The first-order valence-corrected chi connectivity index (χ1v) is 7.32. The second-order valence-corrected chi connectivity index (χ2v) is 6.23. The van der Waals surface area contributed by atoms with Crippen molar-refractivity contribution in [2.75, 3.05) is 46.4 Å². The molecule has 0 aromatic carbocycles. The van der Waals surface area contributed by atoms with Crippen molar-refractivity contribution in [2.24, 2.45) is 0 Å². The molecule has 0 atom stereocenters. The molecule has 5 nitrogen and oxygen atoms in total. The first-order valence-electron chi connectivity index (χ1n) is 6.12. The Hall–Kier alpha value is -0.820. The average Bonchev–Trinajstić information content (AvgIpc) is 2.73. The predicted molar refractivity (Wildman–Crippen MR) is 75.7 cm³/mol. The van der Waals surface area contributed by atoms with Gasteiger partial charge in [0.25, 0.3) is 0 Å². The molecule has 0 unspecified atom stereocenters. The summed E-state index contributed by atoms with van der Waals surface area (Å²) in [6.45, 7) is 5.46. The maximum Gasteiger partial charge on any atom is 0.349 e. The monoisotopic (exact) mass is 304 g/mol. The van der Waals surface area contributed by atoms with Crippen LogP contribution in [0.5, 0.6) is 5.75 Å². The third kappa shape index (κ3) is 4.07. The molecular weight excluding hydrogens is 288 g/mol. The van der Waals surface area contributed by atoms with Gasteiger partial charge in [-0.15, -0.1) is 11.3 Å². The summed E-state index contributed by atoms with van der Waals surface area (Å²) in [6, 6.07) is 1.57. The lowest BCUT2D eigenvalue weighted by atomic mass is 10.3. The van der Waals surface area contributed by atoms with E-state index in [1.165, 1.54) is 0 Å². The van der Waals surface area contributed by atoms with E-state index in [2.05, 4.69) is 16.8 Å². The first kappa shape index (κ1) is 14.6. The number of hydrogen-bond acceptors (Lipinski definition) is 5. The van der Waals surface area contributed by atoms with Gasteiger partial charge in [0.05, 0.1) is 4.34 Å². The molecule has 0 spiro atoms. The molecule has 2 heterocycles. The second kappa shape index (κ2) is 6.56. The largest absolute Gasteiger partial charge is 0.490 e. The van der Waals surface area contributed by atoms with Crippen LogP contribution in [0.2, 0.25) is 4.34 Å². The third-order valence-electron chi connectivity index (χ3n) is 3.12. The van der Waals surface area contributed by atoms with Gasteiger partial charge in [-0.1, -0.05) is 11.6 Å². The summed E-state index contributed by atoms with van der Waals surface area (Å²) in [4.78, 5) is 15.8. The molecule has 7 heteroatoms. The number of likely N-dealkylation sites (N-methyl/N-ethyl adjacent to an activating group) is 1. The number of ether oxygens (including phenoxy) is 1. The molecule has 0 radical (unpaired) electrons. The number of halogens is 1. The number of piperazine rings is 1. The highest BCUT2D eigenvalue weighted by molar-refractivity contribution is 7.18. The Kier molecular flexibility index (Phi) is 5.04. The Bertz CT molecular complexity index is 444. The van der Waals surface area contributed by atoms with E-state index in [9.17, 15) is 4.79 Å². The molecule has 2 rings (SSSR count). The summed E-state index contributed by atoms with van der Waals surface area (Å²) >= 11 is 6.84. The lowest BCUT2D eigenvalue weighted by Crippen LogP contribution is -2.45. The van der Waals surface area contributed by atoms with Crippen molar-refractivity contribution in [3.8, 4) is 5.75 Å². The van der Waals surface area contributed by atoms with Crippen LogP contribution in [0.1, 0.15) is 9.67 Å². The molecule has 1 N–H and O–H groups in total. The Labute approximate surface area is 121 Å². The zero-order valence-electron chi connectivity index (χ0n) is 10.8. The molecule has 19 heavy (non-hydrogen) atoms. The highest BCUT2D eigenvalue weighted by atomic mass is 35.5. The van der Waals surface area contributed by atoms with E-state index >= 15 is 0 Å². The van der Waals surface area contributed by atoms with Gasteiger partial charge in [0.2, 0.25) is 0 Å². The minimum atomic E-state index is -0.994. The van der Waals surface area contributed by atoms with Crippen molar-refractivity contribution in [2.45, 2.75) is 0 Å². The number of hydrogen-bond donors (Lipinski definition) is 1. The fraction of sp³-hybridized carbons (Fsp3) is 0.583. The van der Waals surface area contributed by atoms with Crippen molar-refractivity contribution in [3.05, 3.63) is 15.3 Å². The van der Waals surface area contributed by atoms with Crippen molar-refractivity contribution in [1.82, 2.24) is 9.80 Å². The summed E-state index contributed by atoms with van der Waals surface area (Å²) in [5.41, 5.74) is 0. The van der Waals surface area contributed by atoms with Crippen molar-refractivity contribution in [1.29, 1.82) is 0 Å². The number of rotatable bonds is 5. The summed E-state index contributed by atoms with van der Waals surface area (Å²) < 4.78 is 5.98. The van der Waals surface area contributed by atoms with Gasteiger partial charge in [-0.2, -0.15) is 0 Å². The zero-order valence-corrected chi connectivity index (χ0v) is 12.3. The highest BCUT2D eigenvalue weighted by Gasteiger charge is 2.17. The summed E-state index contributed by atoms with van der Waals surface area (Å²) in [5, 5.41) is 9.01. The number of thiophene rings is 1. The Morgan fingerprint density at radius 1 is 1.47 bits per heavy atom. The van der Waals surface area contributed by atoms with Gasteiger partial charge in [0.1, 0.15) is 12.4 Å². The van der Waals surface area contributed by atoms with E-state index < -0.39 is 5.97 Å². The second-order valence-electron chi connectivity index (χ2n) is 4.54. The maximum absolute atomic E-state index is 11.0. The molecule has 1 aromatic heterocycles. The number of carboxylic acids is 1. The number of carboxylic acid groups (broad SMARTS) is 1. The molecule has 0 saturated carbocycles. The van der Waals surface area contributed by atoms with Crippen molar-refractivity contribution >= 4 is 28.9 Å². The minimum Gasteiger partial charge on any atom is -0.490 e. The van der Waals surface area contributed by atoms with E-state index in [1.54, 1.807) is 6.07 Å². The molecule has 0 amide bonds. The quantitative estimate of drug-likeness (QED) is 0.898. The third-order valence-corrected chi connectivity index (χ3v) is 4.36. The smallest absolute Gasteiger partial charge is 0.349 e. The van der Waals surface area contributed by atoms with Gasteiger partial charge >= 0.3 is 5.97 Å². The summed E-state index contributed by atoms with van der Waals surface area (Å²) in [6.07, 6.45) is 0. The van der Waals surface area contributed by atoms with E-state index in [1.807, 2.05) is 0 Å². The first-order chi connectivity index (χ1) is 9.06. The van der Waals surface area contributed by atoms with Crippen LogP contribution in [-0.4, -0.2) is 67.3 Å². The molecule has 1 aromatic rings. The Morgan fingerprint density at radius 3 is 2.79 bits per heavy atom. The predicted octanol–water partition coefficient (Wildman–Crippen LogP) is 1.73. The number of carbonyl (C=O) groups is 1. The highest BCUT2D eigenvalue weighted by Crippen LogP contribution is 2.32. The Balaban J connectivity index is 1.81. The number of nitrogens with zero attached hydrogens (tertiary/aromatic N) is 2. The lowest BCUT2D eigenvalue weighted by Gasteiger charge is -2.32.